The van der Waals surface area contributed by atoms with Crippen LogP contribution in [-0.4, -0.2) is 44.4 Å². The Balaban J connectivity index is 3.08. The van der Waals surface area contributed by atoms with Crippen LogP contribution in [0.15, 0.2) is 23.1 Å². The molecule has 0 radical (unpaired) electrons. The van der Waals surface area contributed by atoms with Gasteiger partial charge in [0.15, 0.2) is 0 Å². The molecule has 0 aliphatic carbocycles. The molecular formula is C15H26N2O2S2. The number of sulfonamides is 1. The molecule has 0 bridgehead atoms. The fourth-order valence-electron chi connectivity index (χ4n) is 2.01. The van der Waals surface area contributed by atoms with Crippen molar-refractivity contribution in [3.63, 3.8) is 0 Å². The Morgan fingerprint density at radius 2 is 2.05 bits per heavy atom. The van der Waals surface area contributed by atoms with Gasteiger partial charge in [0.25, 0.3) is 0 Å². The Morgan fingerprint density at radius 1 is 1.38 bits per heavy atom. The number of hydrogen-bond acceptors (Lipinski definition) is 4. The Bertz CT molecular complexity index is 559. The van der Waals surface area contributed by atoms with Gasteiger partial charge in [-0.25, -0.2) is 8.42 Å². The molecule has 0 aliphatic heterocycles. The van der Waals surface area contributed by atoms with E-state index in [1.165, 1.54) is 4.31 Å². The van der Waals surface area contributed by atoms with E-state index in [9.17, 15) is 8.42 Å². The lowest BCUT2D eigenvalue weighted by molar-refractivity contribution is 0.415. The van der Waals surface area contributed by atoms with Gasteiger partial charge in [-0.1, -0.05) is 13.0 Å². The Labute approximate surface area is 133 Å². The van der Waals surface area contributed by atoms with Gasteiger partial charge in [0.05, 0.1) is 4.90 Å². The molecule has 1 N–H and O–H groups in total. The highest BCUT2D eigenvalue weighted by Gasteiger charge is 2.25. The zero-order chi connectivity index (χ0) is 16.0. The van der Waals surface area contributed by atoms with Crippen LogP contribution in [0.2, 0.25) is 0 Å². The number of nitrogens with zero attached hydrogens (tertiary/aromatic N) is 1. The summed E-state index contributed by atoms with van der Waals surface area (Å²) in [6, 6.07) is 5.34. The smallest absolute Gasteiger partial charge is 0.243 e. The summed E-state index contributed by atoms with van der Waals surface area (Å²) in [5, 5.41) is 3.24. The first-order chi connectivity index (χ1) is 9.84. The van der Waals surface area contributed by atoms with Crippen molar-refractivity contribution in [2.75, 3.05) is 25.6 Å². The fourth-order valence-corrected chi connectivity index (χ4v) is 4.22. The molecule has 6 heteroatoms. The average molecular weight is 331 g/mol. The number of hydrogen-bond donors (Lipinski definition) is 1. The van der Waals surface area contributed by atoms with Crippen LogP contribution in [0.3, 0.4) is 0 Å². The van der Waals surface area contributed by atoms with Gasteiger partial charge in [-0.2, -0.15) is 16.1 Å². The molecule has 0 aromatic heterocycles. The third-order valence-electron chi connectivity index (χ3n) is 3.59. The minimum atomic E-state index is -3.43. The van der Waals surface area contributed by atoms with Gasteiger partial charge >= 0.3 is 0 Å². The number of thioether (sulfide) groups is 1. The average Bonchev–Trinajstić information content (AvgIpc) is 2.45. The zero-order valence-corrected chi connectivity index (χ0v) is 15.1. The fraction of sp³-hybridized carbons (Fsp3) is 0.600. The van der Waals surface area contributed by atoms with E-state index < -0.39 is 10.0 Å². The van der Waals surface area contributed by atoms with Crippen LogP contribution in [0.1, 0.15) is 25.0 Å². The van der Waals surface area contributed by atoms with Gasteiger partial charge in [-0.3, -0.25) is 0 Å². The predicted molar refractivity (Wildman–Crippen MR) is 91.4 cm³/mol. The van der Waals surface area contributed by atoms with Crippen molar-refractivity contribution < 1.29 is 8.42 Å². The molecule has 1 rings (SSSR count). The number of rotatable bonds is 8. The molecule has 1 unspecified atom stereocenters. The highest BCUT2D eigenvalue weighted by Crippen LogP contribution is 2.21. The molecule has 0 fully saturated rings. The van der Waals surface area contributed by atoms with E-state index in [2.05, 4.69) is 5.32 Å². The van der Waals surface area contributed by atoms with E-state index in [1.807, 2.05) is 33.1 Å². The molecule has 0 saturated heterocycles. The SMILES string of the molecule is CCNCc1cc(S(=O)(=O)N(C)C(C)CSC)ccc1C. The Hall–Kier alpha value is -0.560. The van der Waals surface area contributed by atoms with Gasteiger partial charge in [-0.05, 0) is 49.9 Å². The van der Waals surface area contributed by atoms with E-state index in [4.69, 9.17) is 0 Å². The first-order valence-corrected chi connectivity index (χ1v) is 9.95. The molecule has 120 valence electrons. The van der Waals surface area contributed by atoms with Gasteiger partial charge in [-0.15, -0.1) is 0 Å². The summed E-state index contributed by atoms with van der Waals surface area (Å²) in [5.41, 5.74) is 2.14. The zero-order valence-electron chi connectivity index (χ0n) is 13.5. The van der Waals surface area contributed by atoms with E-state index >= 15 is 0 Å². The highest BCUT2D eigenvalue weighted by atomic mass is 32.2. The van der Waals surface area contributed by atoms with Crippen molar-refractivity contribution in [2.45, 2.75) is 38.3 Å². The first kappa shape index (κ1) is 18.5. The number of benzene rings is 1. The topological polar surface area (TPSA) is 49.4 Å². The van der Waals surface area contributed by atoms with Crippen LogP contribution in [0.25, 0.3) is 0 Å². The van der Waals surface area contributed by atoms with Crippen LogP contribution in [0.4, 0.5) is 0 Å². The number of aryl methyl sites for hydroxylation is 1. The normalized spacial score (nSPS) is 13.6. The lowest BCUT2D eigenvalue weighted by atomic mass is 10.1. The quantitative estimate of drug-likeness (QED) is 0.795. The van der Waals surface area contributed by atoms with E-state index in [1.54, 1.807) is 30.9 Å². The van der Waals surface area contributed by atoms with Gasteiger partial charge in [0, 0.05) is 25.4 Å². The molecule has 1 atom stereocenters. The summed E-state index contributed by atoms with van der Waals surface area (Å²) in [6.07, 6.45) is 1.98. The molecule has 1 aromatic rings. The van der Waals surface area contributed by atoms with Crippen LogP contribution in [0.5, 0.6) is 0 Å². The van der Waals surface area contributed by atoms with E-state index in [-0.39, 0.29) is 6.04 Å². The monoisotopic (exact) mass is 330 g/mol. The van der Waals surface area contributed by atoms with Gasteiger partial charge < -0.3 is 5.32 Å². The van der Waals surface area contributed by atoms with Crippen molar-refractivity contribution in [3.05, 3.63) is 29.3 Å². The van der Waals surface area contributed by atoms with E-state index in [0.717, 1.165) is 23.4 Å². The van der Waals surface area contributed by atoms with Crippen molar-refractivity contribution in [2.24, 2.45) is 0 Å². The van der Waals surface area contributed by atoms with Crippen molar-refractivity contribution in [3.8, 4) is 0 Å². The maximum absolute atomic E-state index is 12.7. The van der Waals surface area contributed by atoms with Crippen molar-refractivity contribution >= 4 is 21.8 Å². The molecule has 0 spiro atoms. The third kappa shape index (κ3) is 4.71. The second-order valence-electron chi connectivity index (χ2n) is 5.19. The molecular weight excluding hydrogens is 304 g/mol. The first-order valence-electron chi connectivity index (χ1n) is 7.11. The molecule has 0 heterocycles. The summed E-state index contributed by atoms with van der Waals surface area (Å²) in [7, 11) is -1.78. The third-order valence-corrected chi connectivity index (χ3v) is 6.38. The largest absolute Gasteiger partial charge is 0.313 e. The summed E-state index contributed by atoms with van der Waals surface area (Å²) >= 11 is 1.65. The number of nitrogens with one attached hydrogen (secondary N) is 1. The maximum atomic E-state index is 12.7. The summed E-state index contributed by atoms with van der Waals surface area (Å²) in [4.78, 5) is 0.372. The molecule has 21 heavy (non-hydrogen) atoms. The van der Waals surface area contributed by atoms with Gasteiger partial charge in [0.2, 0.25) is 10.0 Å². The van der Waals surface area contributed by atoms with Gasteiger partial charge in [0.1, 0.15) is 0 Å². The summed E-state index contributed by atoms with van der Waals surface area (Å²) in [5.74, 6) is 0.784. The molecule has 4 nitrogen and oxygen atoms in total. The lowest BCUT2D eigenvalue weighted by Crippen LogP contribution is -2.36. The Morgan fingerprint density at radius 3 is 2.62 bits per heavy atom. The van der Waals surface area contributed by atoms with Crippen molar-refractivity contribution in [1.29, 1.82) is 0 Å². The highest BCUT2D eigenvalue weighted by molar-refractivity contribution is 7.98. The molecule has 0 aliphatic rings. The van der Waals surface area contributed by atoms with Crippen LogP contribution in [-0.2, 0) is 16.6 Å². The summed E-state index contributed by atoms with van der Waals surface area (Å²) < 4.78 is 26.8. The predicted octanol–water partition coefficient (Wildman–Crippen LogP) is 2.48. The second kappa shape index (κ2) is 8.17. The van der Waals surface area contributed by atoms with Crippen LogP contribution < -0.4 is 5.32 Å². The van der Waals surface area contributed by atoms with Crippen molar-refractivity contribution in [1.82, 2.24) is 9.62 Å². The molecule has 1 aromatic carbocycles. The molecule has 0 amide bonds. The van der Waals surface area contributed by atoms with Crippen LogP contribution in [0, 0.1) is 6.92 Å². The lowest BCUT2D eigenvalue weighted by Gasteiger charge is -2.24. The summed E-state index contributed by atoms with van der Waals surface area (Å²) in [6.45, 7) is 7.52. The Kier molecular flexibility index (Phi) is 7.20. The minimum absolute atomic E-state index is 0.0245. The maximum Gasteiger partial charge on any atom is 0.243 e. The van der Waals surface area contributed by atoms with Crippen LogP contribution >= 0.6 is 11.8 Å². The molecule has 0 saturated carbocycles. The van der Waals surface area contributed by atoms with E-state index in [0.29, 0.717) is 11.4 Å². The minimum Gasteiger partial charge on any atom is -0.313 e. The second-order valence-corrected chi connectivity index (χ2v) is 8.10. The standard InChI is InChI=1S/C15H26N2O2S2/c1-6-16-10-14-9-15(8-7-12(14)2)21(18,19)17(4)13(3)11-20-5/h7-9,13,16H,6,10-11H2,1-5H3.